The van der Waals surface area contributed by atoms with Gasteiger partial charge in [-0.25, -0.2) is 14.2 Å². The van der Waals surface area contributed by atoms with Crippen LogP contribution in [0.15, 0.2) is 42.9 Å². The second-order valence-electron chi connectivity index (χ2n) is 4.11. The fourth-order valence-electron chi connectivity index (χ4n) is 2.01. The molecule has 0 aliphatic carbocycles. The number of methoxy groups -OCH3 is 1. The molecule has 20 heavy (non-hydrogen) atoms. The van der Waals surface area contributed by atoms with Crippen molar-refractivity contribution in [3.8, 4) is 11.3 Å². The van der Waals surface area contributed by atoms with Crippen molar-refractivity contribution >= 4 is 11.6 Å². The number of fused-ring (bicyclic) bond motifs is 1. The monoisotopic (exact) mass is 271 g/mol. The van der Waals surface area contributed by atoms with Gasteiger partial charge in [-0.2, -0.15) is 0 Å². The summed E-state index contributed by atoms with van der Waals surface area (Å²) in [6.45, 7) is 0. The summed E-state index contributed by atoms with van der Waals surface area (Å²) in [4.78, 5) is 20.3. The number of esters is 1. The maximum Gasteiger partial charge on any atom is 0.357 e. The van der Waals surface area contributed by atoms with Gasteiger partial charge in [-0.1, -0.05) is 0 Å². The van der Waals surface area contributed by atoms with E-state index in [9.17, 15) is 9.18 Å². The lowest BCUT2D eigenvalue weighted by Gasteiger charge is -2.03. The maximum absolute atomic E-state index is 13.0. The number of carbonyl (C=O) groups is 1. The van der Waals surface area contributed by atoms with E-state index in [0.717, 1.165) is 0 Å². The lowest BCUT2D eigenvalue weighted by Crippen LogP contribution is -2.07. The van der Waals surface area contributed by atoms with Crippen LogP contribution in [0, 0.1) is 5.82 Å². The Balaban J connectivity index is 2.29. The summed E-state index contributed by atoms with van der Waals surface area (Å²) in [6.07, 6.45) is 4.72. The van der Waals surface area contributed by atoms with Crippen molar-refractivity contribution in [3.05, 3.63) is 54.4 Å². The first kappa shape index (κ1) is 12.3. The van der Waals surface area contributed by atoms with Crippen LogP contribution in [-0.4, -0.2) is 27.4 Å². The molecule has 0 aliphatic rings. The van der Waals surface area contributed by atoms with Crippen molar-refractivity contribution in [1.82, 2.24) is 14.4 Å². The van der Waals surface area contributed by atoms with Crippen LogP contribution in [0.3, 0.4) is 0 Å². The van der Waals surface area contributed by atoms with Crippen molar-refractivity contribution in [2.45, 2.75) is 0 Å². The SMILES string of the molecule is COC(=O)c1c(-c2ccc(F)cc2)nc2cnccn12. The Hall–Kier alpha value is -2.76. The third kappa shape index (κ3) is 1.91. The van der Waals surface area contributed by atoms with Gasteiger partial charge in [-0.05, 0) is 24.3 Å². The quantitative estimate of drug-likeness (QED) is 0.671. The lowest BCUT2D eigenvalue weighted by molar-refractivity contribution is 0.0594. The van der Waals surface area contributed by atoms with Crippen LogP contribution in [-0.2, 0) is 4.74 Å². The van der Waals surface area contributed by atoms with E-state index in [1.54, 1.807) is 35.1 Å². The number of halogens is 1. The molecule has 3 aromatic rings. The standard InChI is InChI=1S/C14H10FN3O2/c1-20-14(19)13-12(9-2-4-10(15)5-3-9)17-11-8-16-6-7-18(11)13/h2-8H,1H3. The number of aromatic nitrogens is 3. The van der Waals surface area contributed by atoms with E-state index < -0.39 is 5.97 Å². The second-order valence-corrected chi connectivity index (χ2v) is 4.11. The molecular weight excluding hydrogens is 261 g/mol. The third-order valence-electron chi connectivity index (χ3n) is 2.93. The molecule has 0 atom stereocenters. The molecule has 3 rings (SSSR count). The average Bonchev–Trinajstić information content (AvgIpc) is 2.86. The minimum Gasteiger partial charge on any atom is -0.464 e. The summed E-state index contributed by atoms with van der Waals surface area (Å²) < 4.78 is 19.4. The van der Waals surface area contributed by atoms with Gasteiger partial charge in [0.25, 0.3) is 0 Å². The Morgan fingerprint density at radius 1 is 1.30 bits per heavy atom. The second kappa shape index (κ2) is 4.73. The highest BCUT2D eigenvalue weighted by molar-refractivity contribution is 5.95. The average molecular weight is 271 g/mol. The molecule has 0 saturated heterocycles. The zero-order chi connectivity index (χ0) is 14.1. The van der Waals surface area contributed by atoms with Gasteiger partial charge in [-0.3, -0.25) is 9.38 Å². The molecule has 100 valence electrons. The normalized spacial score (nSPS) is 10.7. The van der Waals surface area contributed by atoms with Gasteiger partial charge >= 0.3 is 5.97 Å². The van der Waals surface area contributed by atoms with Crippen LogP contribution < -0.4 is 0 Å². The Morgan fingerprint density at radius 2 is 2.05 bits per heavy atom. The van der Waals surface area contributed by atoms with Crippen molar-refractivity contribution < 1.29 is 13.9 Å². The van der Waals surface area contributed by atoms with Gasteiger partial charge < -0.3 is 4.74 Å². The number of imidazole rings is 1. The predicted molar refractivity (Wildman–Crippen MR) is 69.7 cm³/mol. The summed E-state index contributed by atoms with van der Waals surface area (Å²) in [5, 5.41) is 0. The van der Waals surface area contributed by atoms with E-state index in [-0.39, 0.29) is 11.5 Å². The number of hydrogen-bond donors (Lipinski definition) is 0. The minimum absolute atomic E-state index is 0.288. The van der Waals surface area contributed by atoms with E-state index in [2.05, 4.69) is 9.97 Å². The van der Waals surface area contributed by atoms with Crippen molar-refractivity contribution in [3.63, 3.8) is 0 Å². The molecule has 2 heterocycles. The Labute approximate surface area is 113 Å². The first-order chi connectivity index (χ1) is 9.70. The van der Waals surface area contributed by atoms with Crippen LogP contribution in [0.25, 0.3) is 16.9 Å². The number of nitrogens with zero attached hydrogens (tertiary/aromatic N) is 3. The maximum atomic E-state index is 13.0. The molecule has 5 nitrogen and oxygen atoms in total. The van der Waals surface area contributed by atoms with Crippen LogP contribution in [0.2, 0.25) is 0 Å². The number of ether oxygens (including phenoxy) is 1. The Bertz CT molecular complexity index is 781. The zero-order valence-electron chi connectivity index (χ0n) is 10.6. The van der Waals surface area contributed by atoms with Crippen molar-refractivity contribution in [1.29, 1.82) is 0 Å². The molecule has 0 unspecified atom stereocenters. The zero-order valence-corrected chi connectivity index (χ0v) is 10.6. The highest BCUT2D eigenvalue weighted by atomic mass is 19.1. The smallest absolute Gasteiger partial charge is 0.357 e. The van der Waals surface area contributed by atoms with Crippen molar-refractivity contribution in [2.75, 3.05) is 7.11 Å². The first-order valence-electron chi connectivity index (χ1n) is 5.87. The molecule has 0 spiro atoms. The van der Waals surface area contributed by atoms with Gasteiger partial charge in [0, 0.05) is 18.0 Å². The van der Waals surface area contributed by atoms with Crippen LogP contribution in [0.1, 0.15) is 10.5 Å². The molecule has 0 fully saturated rings. The number of benzene rings is 1. The topological polar surface area (TPSA) is 56.5 Å². The van der Waals surface area contributed by atoms with Gasteiger partial charge in [0.05, 0.1) is 13.3 Å². The summed E-state index contributed by atoms with van der Waals surface area (Å²) >= 11 is 0. The highest BCUT2D eigenvalue weighted by Gasteiger charge is 2.21. The van der Waals surface area contributed by atoms with Crippen LogP contribution in [0.5, 0.6) is 0 Å². The Kier molecular flexibility index (Phi) is 2.90. The van der Waals surface area contributed by atoms with E-state index in [1.807, 2.05) is 0 Å². The Morgan fingerprint density at radius 3 is 2.75 bits per heavy atom. The minimum atomic E-state index is -0.511. The summed E-state index contributed by atoms with van der Waals surface area (Å²) in [5.41, 5.74) is 1.88. The molecule has 0 radical (unpaired) electrons. The molecule has 0 bridgehead atoms. The molecule has 6 heteroatoms. The van der Waals surface area contributed by atoms with Gasteiger partial charge in [0.15, 0.2) is 11.3 Å². The lowest BCUT2D eigenvalue weighted by atomic mass is 10.1. The summed E-state index contributed by atoms with van der Waals surface area (Å²) in [7, 11) is 1.30. The van der Waals surface area contributed by atoms with Crippen LogP contribution >= 0.6 is 0 Å². The van der Waals surface area contributed by atoms with E-state index in [1.165, 1.54) is 19.2 Å². The largest absolute Gasteiger partial charge is 0.464 e. The van der Waals surface area contributed by atoms with E-state index in [4.69, 9.17) is 4.74 Å². The number of hydrogen-bond acceptors (Lipinski definition) is 4. The van der Waals surface area contributed by atoms with Gasteiger partial charge in [-0.15, -0.1) is 0 Å². The van der Waals surface area contributed by atoms with Crippen molar-refractivity contribution in [2.24, 2.45) is 0 Å². The summed E-state index contributed by atoms with van der Waals surface area (Å²) in [6, 6.07) is 5.77. The molecule has 0 amide bonds. The van der Waals surface area contributed by atoms with E-state index >= 15 is 0 Å². The van der Waals surface area contributed by atoms with Gasteiger partial charge in [0.1, 0.15) is 11.5 Å². The fourth-order valence-corrected chi connectivity index (χ4v) is 2.01. The molecule has 0 N–H and O–H groups in total. The van der Waals surface area contributed by atoms with E-state index in [0.29, 0.717) is 16.9 Å². The van der Waals surface area contributed by atoms with Gasteiger partial charge in [0.2, 0.25) is 0 Å². The molecular formula is C14H10FN3O2. The number of rotatable bonds is 2. The molecule has 1 aromatic carbocycles. The molecule has 2 aromatic heterocycles. The van der Waals surface area contributed by atoms with Crippen LogP contribution in [0.4, 0.5) is 4.39 Å². The fraction of sp³-hybridized carbons (Fsp3) is 0.0714. The third-order valence-corrected chi connectivity index (χ3v) is 2.93. The number of carbonyl (C=O) groups excluding carboxylic acids is 1. The first-order valence-corrected chi connectivity index (χ1v) is 5.87. The summed E-state index contributed by atoms with van der Waals surface area (Å²) in [5.74, 6) is -0.859. The highest BCUT2D eigenvalue weighted by Crippen LogP contribution is 2.25. The molecule has 0 saturated carbocycles. The predicted octanol–water partition coefficient (Wildman–Crippen LogP) is 2.32. The molecule has 0 aliphatic heterocycles.